The molecule has 2 heterocycles. The fraction of sp³-hybridized carbons (Fsp3) is 0.526. The first-order valence-corrected chi connectivity index (χ1v) is 27.6. The number of unbranched alkanes of at least 4 members (excludes halogenated alkanes) is 3. The van der Waals surface area contributed by atoms with E-state index < -0.39 is 107 Å². The predicted octanol–water partition coefficient (Wildman–Crippen LogP) is 4.64. The zero-order valence-corrected chi connectivity index (χ0v) is 48.1. The molecule has 8 amide bonds. The fourth-order valence-corrected chi connectivity index (χ4v) is 9.14. The van der Waals surface area contributed by atoms with Crippen molar-refractivity contribution in [2.45, 2.75) is 142 Å². The monoisotopic (exact) mass is 1200 g/mol. The lowest BCUT2D eigenvalue weighted by molar-refractivity contribution is -0.192. The summed E-state index contributed by atoms with van der Waals surface area (Å²) in [5.41, 5.74) is 11.7. The van der Waals surface area contributed by atoms with Gasteiger partial charge in [-0.1, -0.05) is 71.4 Å². The predicted molar refractivity (Wildman–Crippen MR) is 298 cm³/mol. The quantitative estimate of drug-likeness (QED) is 0.0228. The summed E-state index contributed by atoms with van der Waals surface area (Å²) in [6, 6.07) is 7.16. The van der Waals surface area contributed by atoms with Crippen molar-refractivity contribution < 1.29 is 85.2 Å². The number of aromatic nitrogens is 2. The van der Waals surface area contributed by atoms with E-state index in [9.17, 15) is 70.9 Å². The van der Waals surface area contributed by atoms with Crippen LogP contribution in [0.2, 0.25) is 0 Å². The molecular weight excluding hydrogens is 1130 g/mol. The Kier molecular flexibility index (Phi) is 28.4. The first-order chi connectivity index (χ1) is 39.8. The Hall–Kier alpha value is -8.14. The van der Waals surface area contributed by atoms with E-state index in [2.05, 4.69) is 21.3 Å². The van der Waals surface area contributed by atoms with Crippen LogP contribution in [-0.4, -0.2) is 151 Å². The fourth-order valence-electron chi connectivity index (χ4n) is 9.14. The highest BCUT2D eigenvalue weighted by Gasteiger charge is 2.40. The number of carboxylic acids is 2. The molecule has 0 aliphatic carbocycles. The average molecular weight is 1210 g/mol. The van der Waals surface area contributed by atoms with Crippen molar-refractivity contribution in [3.63, 3.8) is 0 Å². The lowest BCUT2D eigenvalue weighted by Crippen LogP contribution is -2.48. The number of aliphatic hydroxyl groups excluding tert-OH is 1. The molecule has 5 atom stereocenters. The molecule has 23 nitrogen and oxygen atoms in total. The molecule has 85 heavy (non-hydrogen) atoms. The van der Waals surface area contributed by atoms with Crippen LogP contribution in [0, 0.1) is 28.9 Å². The summed E-state index contributed by atoms with van der Waals surface area (Å²) in [6.45, 7) is 8.61. The number of nitrogens with zero attached hydrogens (tertiary/aromatic N) is 4. The summed E-state index contributed by atoms with van der Waals surface area (Å²) in [5.74, 6) is -10.2. The lowest BCUT2D eigenvalue weighted by Gasteiger charge is -2.40. The second-order valence-corrected chi connectivity index (χ2v) is 21.7. The summed E-state index contributed by atoms with van der Waals surface area (Å²) in [7, 11) is 0. The summed E-state index contributed by atoms with van der Waals surface area (Å²) in [5, 5.41) is 37.9. The second-order valence-electron chi connectivity index (χ2n) is 21.7. The Balaban J connectivity index is 0.00000253. The molecule has 1 aliphatic rings. The van der Waals surface area contributed by atoms with E-state index in [0.29, 0.717) is 25.1 Å². The zero-order chi connectivity index (χ0) is 63.8. The van der Waals surface area contributed by atoms with Gasteiger partial charge in [-0.25, -0.2) is 28.1 Å². The average Bonchev–Trinajstić information content (AvgIpc) is 2.04. The molecule has 1 aromatic heterocycles. The topological polar surface area (TPSA) is 356 Å². The Morgan fingerprint density at radius 2 is 1.42 bits per heavy atom. The molecule has 28 heteroatoms. The number of ketones is 1. The van der Waals surface area contributed by atoms with Gasteiger partial charge in [0.05, 0.1) is 23.8 Å². The minimum absolute atomic E-state index is 0.0564. The lowest BCUT2D eigenvalue weighted by atomic mass is 9.84. The van der Waals surface area contributed by atoms with Crippen LogP contribution in [0.3, 0.4) is 0 Å². The van der Waals surface area contributed by atoms with Gasteiger partial charge in [0.1, 0.15) is 30.1 Å². The number of imidazole rings is 1. The van der Waals surface area contributed by atoms with Crippen LogP contribution < -0.4 is 32.7 Å². The number of hydrogen-bond donors (Lipinski definition) is 9. The highest BCUT2D eigenvalue weighted by atomic mass is 19.4. The Morgan fingerprint density at radius 3 is 2.00 bits per heavy atom. The number of carbonyl (C=O) groups is 10. The van der Waals surface area contributed by atoms with Crippen molar-refractivity contribution in [2.24, 2.45) is 28.7 Å². The number of Topliss-reactive ketones (excluding diaryl/α,β-unsaturated/α-hetero) is 1. The van der Waals surface area contributed by atoms with E-state index in [4.69, 9.17) is 26.4 Å². The maximum Gasteiger partial charge on any atom is 0.490 e. The normalized spacial score (nSPS) is 14.1. The number of nitrogens with two attached hydrogens (primary N) is 2. The van der Waals surface area contributed by atoms with Gasteiger partial charge < -0.3 is 57.5 Å². The molecule has 0 unspecified atom stereocenters. The van der Waals surface area contributed by atoms with Gasteiger partial charge in [0.2, 0.25) is 23.6 Å². The number of aliphatic hydroxyl groups is 1. The molecule has 468 valence electrons. The first-order valence-electron chi connectivity index (χ1n) is 27.6. The van der Waals surface area contributed by atoms with E-state index in [1.165, 1.54) is 17.1 Å². The van der Waals surface area contributed by atoms with E-state index in [1.807, 2.05) is 51.1 Å². The third kappa shape index (κ3) is 23.8. The number of halogens is 5. The van der Waals surface area contributed by atoms with Crippen LogP contribution >= 0.6 is 0 Å². The Labute approximate surface area is 488 Å². The van der Waals surface area contributed by atoms with Gasteiger partial charge in [0, 0.05) is 75.4 Å². The van der Waals surface area contributed by atoms with Gasteiger partial charge >= 0.3 is 24.1 Å². The van der Waals surface area contributed by atoms with Crippen molar-refractivity contribution in [1.82, 2.24) is 40.6 Å². The second kappa shape index (κ2) is 34.0. The Bertz CT molecular complexity index is 2810. The highest BCUT2D eigenvalue weighted by Crippen LogP contribution is 2.40. The number of carbonyl (C=O) groups excluding carboxylic acids is 8. The minimum Gasteiger partial charge on any atom is -0.480 e. The number of carboxylic acid groups (broad SMARTS) is 2. The van der Waals surface area contributed by atoms with Crippen molar-refractivity contribution in [3.05, 3.63) is 89.9 Å². The molecule has 4 rings (SSSR count). The Morgan fingerprint density at radius 1 is 0.788 bits per heavy atom. The van der Waals surface area contributed by atoms with Crippen LogP contribution in [0.1, 0.15) is 123 Å². The number of urea groups is 1. The number of aliphatic carboxylic acids is 2. The number of imide groups is 1. The van der Waals surface area contributed by atoms with E-state index in [1.54, 1.807) is 24.6 Å². The number of benzene rings is 2. The number of rotatable bonds is 33. The molecular formula is C57H77F5N10O13. The number of nitrogens with one attached hydrogen (secondary N) is 4. The SMILES string of the molecule is CC(C)[C@H](NC(=O)CCCCCN1C(=O)C=CC1=O)C(=O)C[C@@H](CCCNC(N)=O)C(=O)N[C@@H](CCCCNC(=O)[C@@H](N)CCN(C(=O)CO)[C@@H](c1nc(-c2cc(F)ccc2F)cn1Cc1ccccc1)C(C)(C)C)C(=O)O.O=C(O)C(F)(F)F. The molecule has 0 saturated heterocycles. The third-order valence-corrected chi connectivity index (χ3v) is 13.5. The van der Waals surface area contributed by atoms with Crippen molar-refractivity contribution in [1.29, 1.82) is 0 Å². The summed E-state index contributed by atoms with van der Waals surface area (Å²) >= 11 is 0. The summed E-state index contributed by atoms with van der Waals surface area (Å²) < 4.78 is 63.0. The molecule has 0 fully saturated rings. The minimum atomic E-state index is -5.08. The van der Waals surface area contributed by atoms with E-state index >= 15 is 4.39 Å². The van der Waals surface area contributed by atoms with Gasteiger partial charge in [-0.05, 0) is 86.5 Å². The molecule has 0 spiro atoms. The van der Waals surface area contributed by atoms with Gasteiger partial charge in [0.25, 0.3) is 11.8 Å². The molecule has 1 aliphatic heterocycles. The maximum absolute atomic E-state index is 15.1. The smallest absolute Gasteiger partial charge is 0.480 e. The van der Waals surface area contributed by atoms with Crippen molar-refractivity contribution in [3.8, 4) is 11.3 Å². The van der Waals surface area contributed by atoms with Gasteiger partial charge in [-0.15, -0.1) is 0 Å². The van der Waals surface area contributed by atoms with Crippen LogP contribution in [0.4, 0.5) is 26.7 Å². The maximum atomic E-state index is 15.1. The highest BCUT2D eigenvalue weighted by molar-refractivity contribution is 6.12. The molecule has 2 aromatic carbocycles. The van der Waals surface area contributed by atoms with Gasteiger partial charge in [0.15, 0.2) is 5.78 Å². The van der Waals surface area contributed by atoms with Crippen LogP contribution in [-0.2, 0) is 49.7 Å². The van der Waals surface area contributed by atoms with Crippen molar-refractivity contribution in [2.75, 3.05) is 32.8 Å². The summed E-state index contributed by atoms with van der Waals surface area (Å²) in [6.07, 6.45) is 0.702. The van der Waals surface area contributed by atoms with Crippen LogP contribution in [0.5, 0.6) is 0 Å². The molecule has 3 aromatic rings. The molecule has 11 N–H and O–H groups in total. The first kappa shape index (κ1) is 71.1. The number of alkyl halides is 3. The van der Waals surface area contributed by atoms with E-state index in [0.717, 1.165) is 28.7 Å². The molecule has 0 bridgehead atoms. The largest absolute Gasteiger partial charge is 0.490 e. The van der Waals surface area contributed by atoms with E-state index in [-0.39, 0.29) is 113 Å². The van der Waals surface area contributed by atoms with Gasteiger partial charge in [-0.3, -0.25) is 38.5 Å². The molecule has 0 radical (unpaired) electrons. The third-order valence-electron chi connectivity index (χ3n) is 13.5. The molecule has 0 saturated carbocycles. The van der Waals surface area contributed by atoms with Crippen LogP contribution in [0.15, 0.2) is 66.9 Å². The van der Waals surface area contributed by atoms with Crippen molar-refractivity contribution >= 4 is 59.2 Å². The summed E-state index contributed by atoms with van der Waals surface area (Å²) in [4.78, 5) is 131. The number of amides is 8. The zero-order valence-electron chi connectivity index (χ0n) is 48.1. The van der Waals surface area contributed by atoms with Crippen LogP contribution in [0.25, 0.3) is 11.3 Å². The number of hydrogen-bond acceptors (Lipinski definition) is 13. The standard InChI is InChI=1S/C55H76F2N10O11.C2HF3O2/c1-34(2)48(64-44(70)19-10-7-13-27-66-45(71)22-23-46(66)72)43(69)29-36(17-14-26-61-54(59)78)51(74)63-41(53(76)77)18-11-12-25-60-52(75)40(58)24-28-67(47(73)33-68)49(55(3,4)5)50-62-42(38-30-37(56)20-21-39(38)57)32-65(50)31-35-15-8-6-9-16-35;3-2(4,5)1(6)7/h6,8-9,15-16,20-23,30,32,34,36,40-41,48-49,68H,7,10-14,17-19,24-29,31,33,58H2,1-5H3,(H,60,75)(H,63,74)(H,64,70)(H,76,77)(H3,59,61,78);(H,6,7)/t36-,40+,41+,48+,49+;/m1./s1. The number of primary amides is 1. The van der Waals surface area contributed by atoms with Gasteiger partial charge in [-0.2, -0.15) is 13.2 Å².